The molecule has 3 aliphatic rings. The fourth-order valence-corrected chi connectivity index (χ4v) is 4.91. The van der Waals surface area contributed by atoms with Crippen molar-refractivity contribution in [3.8, 4) is 0 Å². The molecule has 0 aromatic carbocycles. The van der Waals surface area contributed by atoms with E-state index in [4.69, 9.17) is 5.73 Å². The number of aromatic amines is 1. The summed E-state index contributed by atoms with van der Waals surface area (Å²) in [6.07, 6.45) is 6.85. The largest absolute Gasteiger partial charge is 0.369 e. The predicted molar refractivity (Wildman–Crippen MR) is 86.8 cm³/mol. The first-order valence-corrected chi connectivity index (χ1v) is 8.73. The van der Waals surface area contributed by atoms with Crippen LogP contribution in [-0.2, 0) is 4.79 Å². The van der Waals surface area contributed by atoms with Crippen LogP contribution in [0.5, 0.6) is 0 Å². The van der Waals surface area contributed by atoms with Crippen LogP contribution in [0, 0.1) is 17.8 Å². The number of aromatic nitrogens is 2. The number of nitrogen functional groups attached to an aromatic ring is 1. The second-order valence-electron chi connectivity index (χ2n) is 7.52. The predicted octanol–water partition coefficient (Wildman–Crippen LogP) is 1.49. The van der Waals surface area contributed by atoms with Crippen LogP contribution in [0.4, 0.5) is 5.95 Å². The van der Waals surface area contributed by atoms with Crippen molar-refractivity contribution in [1.82, 2.24) is 14.9 Å². The van der Waals surface area contributed by atoms with Gasteiger partial charge in [0.25, 0.3) is 5.56 Å². The smallest absolute Gasteiger partial charge is 0.252 e. The molecule has 124 valence electrons. The van der Waals surface area contributed by atoms with Crippen molar-refractivity contribution >= 4 is 11.9 Å². The number of amides is 1. The third-order valence-corrected chi connectivity index (χ3v) is 6.06. The summed E-state index contributed by atoms with van der Waals surface area (Å²) in [4.78, 5) is 32.8. The first-order valence-electron chi connectivity index (χ1n) is 8.73. The molecule has 23 heavy (non-hydrogen) atoms. The molecule has 6 heteroatoms. The van der Waals surface area contributed by atoms with Crippen LogP contribution in [0.15, 0.2) is 10.9 Å². The highest BCUT2D eigenvalue weighted by molar-refractivity contribution is 5.77. The maximum absolute atomic E-state index is 12.6. The number of rotatable bonds is 3. The summed E-state index contributed by atoms with van der Waals surface area (Å²) < 4.78 is 0. The van der Waals surface area contributed by atoms with Gasteiger partial charge in [-0.25, -0.2) is 4.98 Å². The lowest BCUT2D eigenvalue weighted by atomic mass is 9.86. The van der Waals surface area contributed by atoms with Crippen LogP contribution in [0.25, 0.3) is 0 Å². The van der Waals surface area contributed by atoms with Crippen LogP contribution < -0.4 is 11.3 Å². The lowest BCUT2D eigenvalue weighted by Crippen LogP contribution is -2.31. The highest BCUT2D eigenvalue weighted by Gasteiger charge is 2.41. The van der Waals surface area contributed by atoms with Gasteiger partial charge in [0, 0.05) is 31.5 Å². The Kier molecular flexibility index (Phi) is 3.62. The SMILES string of the molecule is Nc1nc(C2CCN(C(=O)CC3CC4CCC3C4)C2)cc(=O)[nH]1. The van der Waals surface area contributed by atoms with Crippen LogP contribution >= 0.6 is 0 Å². The van der Waals surface area contributed by atoms with E-state index >= 15 is 0 Å². The van der Waals surface area contributed by atoms with Gasteiger partial charge in [0.05, 0.1) is 5.69 Å². The van der Waals surface area contributed by atoms with Crippen molar-refractivity contribution < 1.29 is 4.79 Å². The van der Waals surface area contributed by atoms with E-state index in [1.165, 1.54) is 31.7 Å². The van der Waals surface area contributed by atoms with E-state index in [0.717, 1.165) is 24.8 Å². The Balaban J connectivity index is 1.38. The van der Waals surface area contributed by atoms with Crippen molar-refractivity contribution in [2.45, 2.75) is 44.4 Å². The minimum Gasteiger partial charge on any atom is -0.369 e. The summed E-state index contributed by atoms with van der Waals surface area (Å²) in [5.41, 5.74) is 6.10. The zero-order valence-electron chi connectivity index (χ0n) is 13.3. The Labute approximate surface area is 135 Å². The average Bonchev–Trinajstić information content (AvgIpc) is 3.22. The molecule has 1 saturated heterocycles. The summed E-state index contributed by atoms with van der Waals surface area (Å²) in [6.45, 7) is 1.42. The van der Waals surface area contributed by atoms with Crippen molar-refractivity contribution in [3.63, 3.8) is 0 Å². The Morgan fingerprint density at radius 3 is 2.91 bits per heavy atom. The molecule has 4 unspecified atom stereocenters. The Morgan fingerprint density at radius 1 is 1.35 bits per heavy atom. The topological polar surface area (TPSA) is 92.1 Å². The molecule has 2 aliphatic carbocycles. The van der Waals surface area contributed by atoms with Gasteiger partial charge in [-0.2, -0.15) is 0 Å². The number of carbonyl (C=O) groups excluding carboxylic acids is 1. The van der Waals surface area contributed by atoms with E-state index in [-0.39, 0.29) is 23.3 Å². The number of fused-ring (bicyclic) bond motifs is 2. The third kappa shape index (κ3) is 2.86. The van der Waals surface area contributed by atoms with Crippen molar-refractivity contribution in [3.05, 3.63) is 22.1 Å². The molecule has 0 radical (unpaired) electrons. The highest BCUT2D eigenvalue weighted by atomic mass is 16.2. The molecule has 3 N–H and O–H groups in total. The first kappa shape index (κ1) is 14.7. The van der Waals surface area contributed by atoms with Crippen LogP contribution in [0.1, 0.15) is 50.1 Å². The number of nitrogens with one attached hydrogen (secondary N) is 1. The summed E-state index contributed by atoms with van der Waals surface area (Å²) in [5, 5.41) is 0. The number of nitrogens with zero attached hydrogens (tertiary/aromatic N) is 2. The fraction of sp³-hybridized carbons (Fsp3) is 0.706. The monoisotopic (exact) mass is 316 g/mol. The molecule has 4 rings (SSSR count). The van der Waals surface area contributed by atoms with Crippen molar-refractivity contribution in [2.24, 2.45) is 17.8 Å². The van der Waals surface area contributed by atoms with Gasteiger partial charge < -0.3 is 10.6 Å². The van der Waals surface area contributed by atoms with E-state index in [1.54, 1.807) is 0 Å². The second-order valence-corrected chi connectivity index (χ2v) is 7.52. The molecule has 3 fully saturated rings. The normalized spacial score (nSPS) is 32.6. The number of carbonyl (C=O) groups is 1. The summed E-state index contributed by atoms with van der Waals surface area (Å²) in [5.74, 6) is 2.84. The fourth-order valence-electron chi connectivity index (χ4n) is 4.91. The van der Waals surface area contributed by atoms with Gasteiger partial charge in [-0.15, -0.1) is 0 Å². The van der Waals surface area contributed by atoms with Gasteiger partial charge in [0.15, 0.2) is 0 Å². The van der Waals surface area contributed by atoms with Gasteiger partial charge in [0.2, 0.25) is 11.9 Å². The Hall–Kier alpha value is -1.85. The lowest BCUT2D eigenvalue weighted by molar-refractivity contribution is -0.131. The number of likely N-dealkylation sites (tertiary alicyclic amines) is 1. The molecule has 6 nitrogen and oxygen atoms in total. The minimum absolute atomic E-state index is 0.128. The Bertz CT molecular complexity index is 671. The zero-order valence-corrected chi connectivity index (χ0v) is 13.3. The van der Waals surface area contributed by atoms with Gasteiger partial charge in [-0.1, -0.05) is 6.42 Å². The van der Waals surface area contributed by atoms with E-state index in [9.17, 15) is 9.59 Å². The lowest BCUT2D eigenvalue weighted by Gasteiger charge is -2.24. The van der Waals surface area contributed by atoms with Crippen molar-refractivity contribution in [1.29, 1.82) is 0 Å². The number of hydrogen-bond donors (Lipinski definition) is 2. The molecule has 4 atom stereocenters. The van der Waals surface area contributed by atoms with E-state index in [1.807, 2.05) is 4.90 Å². The van der Waals surface area contributed by atoms with E-state index in [2.05, 4.69) is 9.97 Å². The molecule has 1 aliphatic heterocycles. The maximum Gasteiger partial charge on any atom is 0.252 e. The standard InChI is InChI=1S/C17H24N4O2/c18-17-19-14(8-15(22)20-17)12-3-4-21(9-12)16(23)7-13-6-10-1-2-11(13)5-10/h8,10-13H,1-7,9H2,(H3,18,19,20,22). The van der Waals surface area contributed by atoms with Gasteiger partial charge in [0.1, 0.15) is 0 Å². The number of anilines is 1. The van der Waals surface area contributed by atoms with Gasteiger partial charge in [-0.3, -0.25) is 14.6 Å². The molecule has 0 spiro atoms. The molecule has 2 heterocycles. The molecule has 1 aromatic rings. The van der Waals surface area contributed by atoms with E-state index < -0.39 is 0 Å². The molecule has 2 saturated carbocycles. The minimum atomic E-state index is -0.223. The summed E-state index contributed by atoms with van der Waals surface area (Å²) in [7, 11) is 0. The third-order valence-electron chi connectivity index (χ3n) is 6.06. The zero-order chi connectivity index (χ0) is 16.0. The Morgan fingerprint density at radius 2 is 2.22 bits per heavy atom. The molecular formula is C17H24N4O2. The molecule has 2 bridgehead atoms. The first-order chi connectivity index (χ1) is 11.1. The summed E-state index contributed by atoms with van der Waals surface area (Å²) >= 11 is 0. The number of nitrogens with two attached hydrogens (primary N) is 1. The van der Waals surface area contributed by atoms with Crippen LogP contribution in [-0.4, -0.2) is 33.9 Å². The van der Waals surface area contributed by atoms with Crippen molar-refractivity contribution in [2.75, 3.05) is 18.8 Å². The van der Waals surface area contributed by atoms with Gasteiger partial charge >= 0.3 is 0 Å². The molecular weight excluding hydrogens is 292 g/mol. The maximum atomic E-state index is 12.6. The average molecular weight is 316 g/mol. The van der Waals surface area contributed by atoms with E-state index in [0.29, 0.717) is 24.6 Å². The van der Waals surface area contributed by atoms with Crippen LogP contribution in [0.3, 0.4) is 0 Å². The quantitative estimate of drug-likeness (QED) is 0.884. The number of hydrogen-bond acceptors (Lipinski definition) is 4. The summed E-state index contributed by atoms with van der Waals surface area (Å²) in [6, 6.07) is 1.50. The molecule has 1 amide bonds. The van der Waals surface area contributed by atoms with Crippen LogP contribution in [0.2, 0.25) is 0 Å². The highest BCUT2D eigenvalue weighted by Crippen LogP contribution is 2.49. The van der Waals surface area contributed by atoms with Gasteiger partial charge in [-0.05, 0) is 43.4 Å². The molecule has 1 aromatic heterocycles. The number of H-pyrrole nitrogens is 1. The second kappa shape index (κ2) is 5.65.